The summed E-state index contributed by atoms with van der Waals surface area (Å²) in [6.45, 7) is 5.20. The number of carbonyl (C=O) groups is 1. The van der Waals surface area contributed by atoms with Crippen molar-refractivity contribution in [1.82, 2.24) is 9.88 Å². The Hall–Kier alpha value is -0.940. The van der Waals surface area contributed by atoms with Crippen LogP contribution in [-0.2, 0) is 6.42 Å². The van der Waals surface area contributed by atoms with Crippen LogP contribution in [0.15, 0.2) is 5.38 Å². The molecule has 112 valence electrons. The third kappa shape index (κ3) is 3.58. The summed E-state index contributed by atoms with van der Waals surface area (Å²) in [4.78, 5) is 18.7. The van der Waals surface area contributed by atoms with Crippen molar-refractivity contribution in [3.8, 4) is 0 Å². The molecule has 1 fully saturated rings. The zero-order valence-electron chi connectivity index (χ0n) is 12.7. The number of amides is 1. The minimum absolute atomic E-state index is 0.0502. The Labute approximate surface area is 125 Å². The summed E-state index contributed by atoms with van der Waals surface area (Å²) in [6, 6.07) is 0.357. The number of hydrogen-bond acceptors (Lipinski definition) is 4. The van der Waals surface area contributed by atoms with Crippen LogP contribution in [0.25, 0.3) is 0 Å². The van der Waals surface area contributed by atoms with Gasteiger partial charge in [0.05, 0.1) is 5.01 Å². The molecule has 1 heterocycles. The first-order valence-corrected chi connectivity index (χ1v) is 8.22. The zero-order chi connectivity index (χ0) is 14.8. The van der Waals surface area contributed by atoms with Gasteiger partial charge >= 0.3 is 0 Å². The number of rotatable bonds is 4. The van der Waals surface area contributed by atoms with Gasteiger partial charge in [-0.3, -0.25) is 4.79 Å². The molecule has 0 saturated heterocycles. The van der Waals surface area contributed by atoms with Gasteiger partial charge in [0, 0.05) is 24.9 Å². The molecule has 2 N–H and O–H groups in total. The molecule has 1 aliphatic rings. The summed E-state index contributed by atoms with van der Waals surface area (Å²) in [5.41, 5.74) is 6.52. The van der Waals surface area contributed by atoms with E-state index in [1.54, 1.807) is 0 Å². The van der Waals surface area contributed by atoms with Gasteiger partial charge in [-0.05, 0) is 37.6 Å². The highest BCUT2D eigenvalue weighted by atomic mass is 32.1. The molecule has 4 nitrogen and oxygen atoms in total. The Morgan fingerprint density at radius 2 is 2.15 bits per heavy atom. The molecular formula is C15H25N3OS. The van der Waals surface area contributed by atoms with Crippen LogP contribution < -0.4 is 5.73 Å². The molecule has 0 bridgehead atoms. The molecule has 0 aliphatic heterocycles. The van der Waals surface area contributed by atoms with Crippen molar-refractivity contribution in [3.05, 3.63) is 16.1 Å². The number of nitrogens with zero attached hydrogens (tertiary/aromatic N) is 2. The van der Waals surface area contributed by atoms with E-state index in [2.05, 4.69) is 18.8 Å². The molecule has 0 aromatic carbocycles. The van der Waals surface area contributed by atoms with Crippen LogP contribution in [0, 0.1) is 5.41 Å². The summed E-state index contributed by atoms with van der Waals surface area (Å²) < 4.78 is 0. The maximum Gasteiger partial charge on any atom is 0.273 e. The van der Waals surface area contributed by atoms with Gasteiger partial charge in [0.2, 0.25) is 0 Å². The maximum absolute atomic E-state index is 12.5. The van der Waals surface area contributed by atoms with E-state index in [9.17, 15) is 4.79 Å². The van der Waals surface area contributed by atoms with Gasteiger partial charge < -0.3 is 10.6 Å². The molecule has 1 aromatic rings. The van der Waals surface area contributed by atoms with Crippen LogP contribution in [0.4, 0.5) is 0 Å². The first-order valence-electron chi connectivity index (χ1n) is 7.34. The summed E-state index contributed by atoms with van der Waals surface area (Å²) in [5, 5.41) is 2.81. The van der Waals surface area contributed by atoms with E-state index in [4.69, 9.17) is 5.73 Å². The monoisotopic (exact) mass is 295 g/mol. The SMILES string of the molecule is CN(C(=O)c1csc(CCN)n1)C1CCC(C)(C)CC1. The molecular weight excluding hydrogens is 270 g/mol. The molecule has 5 heteroatoms. The van der Waals surface area contributed by atoms with Crippen molar-refractivity contribution in [2.45, 2.75) is 52.0 Å². The molecule has 2 rings (SSSR count). The van der Waals surface area contributed by atoms with Gasteiger partial charge in [-0.15, -0.1) is 11.3 Å². The first-order chi connectivity index (χ1) is 9.43. The van der Waals surface area contributed by atoms with Crippen molar-refractivity contribution >= 4 is 17.2 Å². The van der Waals surface area contributed by atoms with Crippen LogP contribution in [-0.4, -0.2) is 35.4 Å². The molecule has 0 atom stereocenters. The van der Waals surface area contributed by atoms with E-state index in [1.165, 1.54) is 24.2 Å². The number of aromatic nitrogens is 1. The summed E-state index contributed by atoms with van der Waals surface area (Å²) >= 11 is 1.53. The smallest absolute Gasteiger partial charge is 0.273 e. The van der Waals surface area contributed by atoms with E-state index in [0.29, 0.717) is 23.7 Å². The zero-order valence-corrected chi connectivity index (χ0v) is 13.5. The first kappa shape index (κ1) is 15.4. The predicted octanol–water partition coefficient (Wildman–Crippen LogP) is 2.69. The second-order valence-electron chi connectivity index (χ2n) is 6.48. The van der Waals surface area contributed by atoms with Gasteiger partial charge in [0.15, 0.2) is 0 Å². The normalized spacial score (nSPS) is 19.0. The van der Waals surface area contributed by atoms with Crippen molar-refractivity contribution in [2.24, 2.45) is 11.1 Å². The van der Waals surface area contributed by atoms with E-state index >= 15 is 0 Å². The van der Waals surface area contributed by atoms with Crippen molar-refractivity contribution in [1.29, 1.82) is 0 Å². The minimum Gasteiger partial charge on any atom is -0.337 e. The third-order valence-corrected chi connectivity index (χ3v) is 5.21. The van der Waals surface area contributed by atoms with Crippen LogP contribution >= 0.6 is 11.3 Å². The largest absolute Gasteiger partial charge is 0.337 e. The lowest BCUT2D eigenvalue weighted by Gasteiger charge is -2.38. The number of nitrogens with two attached hydrogens (primary N) is 1. The Morgan fingerprint density at radius 1 is 1.50 bits per heavy atom. The minimum atomic E-state index is 0.0502. The summed E-state index contributed by atoms with van der Waals surface area (Å²) in [7, 11) is 1.91. The van der Waals surface area contributed by atoms with Crippen LogP contribution in [0.5, 0.6) is 0 Å². The fourth-order valence-corrected chi connectivity index (χ4v) is 3.55. The van der Waals surface area contributed by atoms with Gasteiger partial charge in [-0.2, -0.15) is 0 Å². The Kier molecular flexibility index (Phi) is 4.81. The Balaban J connectivity index is 1.97. The summed E-state index contributed by atoms with van der Waals surface area (Å²) in [6.07, 6.45) is 5.30. The molecule has 1 aliphatic carbocycles. The predicted molar refractivity (Wildman–Crippen MR) is 83.0 cm³/mol. The molecule has 1 amide bonds. The number of carbonyl (C=O) groups excluding carboxylic acids is 1. The molecule has 0 spiro atoms. The van der Waals surface area contributed by atoms with E-state index in [0.717, 1.165) is 24.3 Å². The highest BCUT2D eigenvalue weighted by Crippen LogP contribution is 2.36. The fourth-order valence-electron chi connectivity index (χ4n) is 2.77. The Morgan fingerprint density at radius 3 is 2.75 bits per heavy atom. The second-order valence-corrected chi connectivity index (χ2v) is 7.42. The van der Waals surface area contributed by atoms with Crippen molar-refractivity contribution < 1.29 is 4.79 Å². The molecule has 0 radical (unpaired) electrons. The molecule has 1 aromatic heterocycles. The second kappa shape index (κ2) is 6.22. The van der Waals surface area contributed by atoms with Crippen LogP contribution in [0.1, 0.15) is 55.0 Å². The van der Waals surface area contributed by atoms with Gasteiger partial charge in [0.1, 0.15) is 5.69 Å². The average molecular weight is 295 g/mol. The van der Waals surface area contributed by atoms with E-state index in [1.807, 2.05) is 17.3 Å². The molecule has 1 saturated carbocycles. The van der Waals surface area contributed by atoms with Gasteiger partial charge in [-0.25, -0.2) is 4.98 Å². The standard InChI is InChI=1S/C15H25N3OS/c1-15(2)7-4-11(5-8-15)18(3)14(19)12-10-20-13(17-12)6-9-16/h10-11H,4-9,16H2,1-3H3. The van der Waals surface area contributed by atoms with Gasteiger partial charge in [-0.1, -0.05) is 13.8 Å². The van der Waals surface area contributed by atoms with Crippen LogP contribution in [0.3, 0.4) is 0 Å². The quantitative estimate of drug-likeness (QED) is 0.929. The number of thiazole rings is 1. The van der Waals surface area contributed by atoms with Crippen molar-refractivity contribution in [2.75, 3.05) is 13.6 Å². The fraction of sp³-hybridized carbons (Fsp3) is 0.733. The lowest BCUT2D eigenvalue weighted by molar-refractivity contribution is 0.0630. The lowest BCUT2D eigenvalue weighted by atomic mass is 9.75. The van der Waals surface area contributed by atoms with E-state index < -0.39 is 0 Å². The molecule has 20 heavy (non-hydrogen) atoms. The highest BCUT2D eigenvalue weighted by molar-refractivity contribution is 7.09. The average Bonchev–Trinajstić information content (AvgIpc) is 2.86. The van der Waals surface area contributed by atoms with Crippen molar-refractivity contribution in [3.63, 3.8) is 0 Å². The van der Waals surface area contributed by atoms with E-state index in [-0.39, 0.29) is 5.91 Å². The van der Waals surface area contributed by atoms with Gasteiger partial charge in [0.25, 0.3) is 5.91 Å². The van der Waals surface area contributed by atoms with Crippen LogP contribution in [0.2, 0.25) is 0 Å². The topological polar surface area (TPSA) is 59.2 Å². The third-order valence-electron chi connectivity index (χ3n) is 4.31. The Bertz CT molecular complexity index is 459. The molecule has 0 unspecified atom stereocenters. The number of hydrogen-bond donors (Lipinski definition) is 1. The lowest BCUT2D eigenvalue weighted by Crippen LogP contribution is -2.41. The summed E-state index contributed by atoms with van der Waals surface area (Å²) in [5.74, 6) is 0.0502. The maximum atomic E-state index is 12.5. The highest BCUT2D eigenvalue weighted by Gasteiger charge is 2.31.